The number of nitrogens with zero attached hydrogens (tertiary/aromatic N) is 2. The van der Waals surface area contributed by atoms with Gasteiger partial charge in [0.05, 0.1) is 21.4 Å². The van der Waals surface area contributed by atoms with Crippen molar-refractivity contribution in [3.05, 3.63) is 60.8 Å². The van der Waals surface area contributed by atoms with Crippen LogP contribution in [0, 0.1) is 17.0 Å². The van der Waals surface area contributed by atoms with E-state index in [1.54, 1.807) is 11.0 Å². The monoisotopic (exact) mass is 396 g/mol. The number of nitro benzene ring substituents is 1. The van der Waals surface area contributed by atoms with Gasteiger partial charge < -0.3 is 9.64 Å². The van der Waals surface area contributed by atoms with Crippen molar-refractivity contribution in [2.45, 2.75) is 20.4 Å². The molecule has 1 heterocycles. The lowest BCUT2D eigenvalue weighted by atomic mass is 10.1. The van der Waals surface area contributed by atoms with Gasteiger partial charge in [0.2, 0.25) is 0 Å². The van der Waals surface area contributed by atoms with E-state index in [4.69, 9.17) is 16.3 Å². The van der Waals surface area contributed by atoms with Crippen molar-refractivity contribution in [3.63, 3.8) is 0 Å². The van der Waals surface area contributed by atoms with Gasteiger partial charge in [0, 0.05) is 23.1 Å². The Morgan fingerprint density at radius 2 is 2.04 bits per heavy atom. The molecule has 0 saturated heterocycles. The molecule has 1 aromatic heterocycles. The van der Waals surface area contributed by atoms with Gasteiger partial charge in [0.15, 0.2) is 6.61 Å². The standard InChI is InChI=1S/C17H17ClN2O5S/c1-3-19(9-13-5-7-15(18)26-13)16(21)10-25-17(22)12-4-6-14(20(23)24)11(2)8-12/h4-8H,3,9-10H2,1-2H3. The molecule has 0 aliphatic carbocycles. The van der Waals surface area contributed by atoms with Crippen LogP contribution >= 0.6 is 22.9 Å². The molecule has 0 radical (unpaired) electrons. The lowest BCUT2D eigenvalue weighted by Gasteiger charge is -2.20. The zero-order valence-corrected chi connectivity index (χ0v) is 15.8. The quantitative estimate of drug-likeness (QED) is 0.403. The molecule has 0 aliphatic heterocycles. The molecule has 0 aliphatic rings. The number of likely N-dealkylation sites (N-methyl/N-ethyl adjacent to an activating group) is 1. The van der Waals surface area contributed by atoms with Crippen molar-refractivity contribution in [1.82, 2.24) is 4.90 Å². The fourth-order valence-electron chi connectivity index (χ4n) is 2.29. The molecular formula is C17H17ClN2O5S. The first-order valence-corrected chi connectivity index (χ1v) is 8.95. The molecule has 0 spiro atoms. The highest BCUT2D eigenvalue weighted by atomic mass is 35.5. The highest BCUT2D eigenvalue weighted by molar-refractivity contribution is 7.16. The fourth-order valence-corrected chi connectivity index (χ4v) is 3.39. The number of aryl methyl sites for hydroxylation is 1. The average molecular weight is 397 g/mol. The second-order valence-corrected chi connectivity index (χ2v) is 7.25. The highest BCUT2D eigenvalue weighted by Gasteiger charge is 2.18. The minimum absolute atomic E-state index is 0.0793. The first kappa shape index (κ1) is 19.9. The minimum Gasteiger partial charge on any atom is -0.452 e. The Bertz CT molecular complexity index is 836. The van der Waals surface area contributed by atoms with Crippen molar-refractivity contribution in [1.29, 1.82) is 0 Å². The number of esters is 1. The van der Waals surface area contributed by atoms with Crippen molar-refractivity contribution in [2.75, 3.05) is 13.2 Å². The fraction of sp³-hybridized carbons (Fsp3) is 0.294. The van der Waals surface area contributed by atoms with Crippen LogP contribution < -0.4 is 0 Å². The van der Waals surface area contributed by atoms with Crippen molar-refractivity contribution in [3.8, 4) is 0 Å². The zero-order valence-electron chi connectivity index (χ0n) is 14.2. The Morgan fingerprint density at radius 3 is 2.58 bits per heavy atom. The molecule has 138 valence electrons. The molecule has 0 saturated carbocycles. The van der Waals surface area contributed by atoms with E-state index in [1.807, 2.05) is 13.0 Å². The van der Waals surface area contributed by atoms with Gasteiger partial charge in [0.1, 0.15) is 0 Å². The number of nitro groups is 1. The number of hydrogen-bond acceptors (Lipinski definition) is 6. The second kappa shape index (κ2) is 8.77. The van der Waals surface area contributed by atoms with Crippen LogP contribution in [0.4, 0.5) is 5.69 Å². The van der Waals surface area contributed by atoms with Crippen LogP contribution in [0.1, 0.15) is 27.7 Å². The maximum absolute atomic E-state index is 12.3. The molecule has 0 N–H and O–H groups in total. The van der Waals surface area contributed by atoms with Crippen LogP contribution in [-0.2, 0) is 16.1 Å². The SMILES string of the molecule is CCN(Cc1ccc(Cl)s1)C(=O)COC(=O)c1ccc([N+](=O)[O-])c(C)c1. The molecule has 2 aromatic rings. The largest absolute Gasteiger partial charge is 0.452 e. The minimum atomic E-state index is -0.702. The van der Waals surface area contributed by atoms with Crippen LogP contribution in [0.5, 0.6) is 0 Å². The maximum atomic E-state index is 12.3. The number of carbonyl (C=O) groups excluding carboxylic acids is 2. The average Bonchev–Trinajstić information content (AvgIpc) is 3.01. The molecule has 26 heavy (non-hydrogen) atoms. The Kier molecular flexibility index (Phi) is 6.70. The third-order valence-corrected chi connectivity index (χ3v) is 4.88. The summed E-state index contributed by atoms with van der Waals surface area (Å²) in [5.74, 6) is -1.03. The number of hydrogen-bond donors (Lipinski definition) is 0. The summed E-state index contributed by atoms with van der Waals surface area (Å²) in [7, 11) is 0. The van der Waals surface area contributed by atoms with Gasteiger partial charge in [-0.2, -0.15) is 0 Å². The lowest BCUT2D eigenvalue weighted by molar-refractivity contribution is -0.385. The second-order valence-electron chi connectivity index (χ2n) is 5.45. The van der Waals surface area contributed by atoms with Crippen LogP contribution in [0.3, 0.4) is 0 Å². The number of amides is 1. The summed E-state index contributed by atoms with van der Waals surface area (Å²) in [6.45, 7) is 3.81. The van der Waals surface area contributed by atoms with Gasteiger partial charge in [-0.25, -0.2) is 4.79 Å². The maximum Gasteiger partial charge on any atom is 0.338 e. The van der Waals surface area contributed by atoms with E-state index < -0.39 is 17.5 Å². The molecule has 2 rings (SSSR count). The molecular weight excluding hydrogens is 380 g/mol. The van der Waals surface area contributed by atoms with E-state index in [2.05, 4.69) is 0 Å². The van der Waals surface area contributed by atoms with Crippen LogP contribution in [-0.4, -0.2) is 34.9 Å². The van der Waals surface area contributed by atoms with Crippen LogP contribution in [0.25, 0.3) is 0 Å². The number of thiophene rings is 1. The Hall–Kier alpha value is -2.45. The topological polar surface area (TPSA) is 89.8 Å². The third kappa shape index (κ3) is 5.03. The van der Waals surface area contributed by atoms with E-state index in [1.165, 1.54) is 36.5 Å². The van der Waals surface area contributed by atoms with Gasteiger partial charge >= 0.3 is 5.97 Å². The van der Waals surface area contributed by atoms with E-state index in [0.717, 1.165) is 4.88 Å². The van der Waals surface area contributed by atoms with Gasteiger partial charge in [-0.15, -0.1) is 11.3 Å². The van der Waals surface area contributed by atoms with E-state index in [0.29, 0.717) is 23.0 Å². The van der Waals surface area contributed by atoms with Gasteiger partial charge in [-0.05, 0) is 38.1 Å². The summed E-state index contributed by atoms with van der Waals surface area (Å²) in [6, 6.07) is 7.53. The molecule has 1 amide bonds. The first-order chi connectivity index (χ1) is 12.3. The predicted molar refractivity (Wildman–Crippen MR) is 98.5 cm³/mol. The van der Waals surface area contributed by atoms with Crippen molar-refractivity contribution >= 4 is 40.5 Å². The molecule has 7 nitrogen and oxygen atoms in total. The van der Waals surface area contributed by atoms with Crippen molar-refractivity contribution in [2.24, 2.45) is 0 Å². The predicted octanol–water partition coefficient (Wildman–Crippen LogP) is 3.82. The summed E-state index contributed by atoms with van der Waals surface area (Å²) >= 11 is 7.27. The molecule has 0 bridgehead atoms. The third-order valence-electron chi connectivity index (χ3n) is 3.67. The molecule has 0 unspecified atom stereocenters. The van der Waals surface area contributed by atoms with E-state index in [-0.39, 0.29) is 17.2 Å². The first-order valence-electron chi connectivity index (χ1n) is 7.76. The van der Waals surface area contributed by atoms with Gasteiger partial charge in [-0.3, -0.25) is 14.9 Å². The Labute approximate surface area is 159 Å². The van der Waals surface area contributed by atoms with Crippen LogP contribution in [0.2, 0.25) is 4.34 Å². The number of halogens is 1. The Balaban J connectivity index is 1.95. The Morgan fingerprint density at radius 1 is 1.31 bits per heavy atom. The van der Waals surface area contributed by atoms with Crippen molar-refractivity contribution < 1.29 is 19.2 Å². The highest BCUT2D eigenvalue weighted by Crippen LogP contribution is 2.23. The van der Waals surface area contributed by atoms with Gasteiger partial charge in [-0.1, -0.05) is 11.6 Å². The number of benzene rings is 1. The van der Waals surface area contributed by atoms with Gasteiger partial charge in [0.25, 0.3) is 11.6 Å². The number of ether oxygens (including phenoxy) is 1. The molecule has 0 fully saturated rings. The normalized spacial score (nSPS) is 10.4. The number of carbonyl (C=O) groups is 2. The summed E-state index contributed by atoms with van der Waals surface area (Å²) in [6.07, 6.45) is 0. The summed E-state index contributed by atoms with van der Waals surface area (Å²) in [5, 5.41) is 10.8. The summed E-state index contributed by atoms with van der Waals surface area (Å²) < 4.78 is 5.69. The summed E-state index contributed by atoms with van der Waals surface area (Å²) in [4.78, 5) is 37.1. The van der Waals surface area contributed by atoms with E-state index >= 15 is 0 Å². The van der Waals surface area contributed by atoms with E-state index in [9.17, 15) is 19.7 Å². The lowest BCUT2D eigenvalue weighted by Crippen LogP contribution is -2.33. The summed E-state index contributed by atoms with van der Waals surface area (Å²) in [5.41, 5.74) is 0.430. The smallest absolute Gasteiger partial charge is 0.338 e. The van der Waals surface area contributed by atoms with Crippen LogP contribution in [0.15, 0.2) is 30.3 Å². The molecule has 1 aromatic carbocycles. The number of rotatable bonds is 7. The molecule has 0 atom stereocenters. The molecule has 9 heteroatoms. The zero-order chi connectivity index (χ0) is 19.3.